The molecule has 32 heavy (non-hydrogen) atoms. The molecular formula is C22H29N2O6PS. The zero-order valence-corrected chi connectivity index (χ0v) is 20.3. The number of aromatic nitrogens is 2. The molecule has 1 atom stereocenters. The Bertz CT molecular complexity index is 1070. The van der Waals surface area contributed by atoms with Crippen molar-refractivity contribution in [2.75, 3.05) is 20.5 Å². The van der Waals surface area contributed by atoms with Crippen molar-refractivity contribution in [1.29, 1.82) is 0 Å². The average Bonchev–Trinajstić information content (AvgIpc) is 3.30. The first-order valence-electron chi connectivity index (χ1n) is 10.5. The van der Waals surface area contributed by atoms with Gasteiger partial charge in [-0.1, -0.05) is 37.8 Å². The predicted molar refractivity (Wildman–Crippen MR) is 121 cm³/mol. The normalized spacial score (nSPS) is 16.2. The average molecular weight is 481 g/mol. The molecule has 0 unspecified atom stereocenters. The predicted octanol–water partition coefficient (Wildman–Crippen LogP) is 3.47. The number of hydrogen-bond donors (Lipinski definition) is 0. The monoisotopic (exact) mass is 480 g/mol. The van der Waals surface area contributed by atoms with Gasteiger partial charge in [0, 0.05) is 32.6 Å². The zero-order valence-electron chi connectivity index (χ0n) is 18.6. The standard InChI is InChI=1S/C22H29N2O6PS/c1-29-31(26,30-2)22-15-23-18(14-24-22)13-21(25)20(12-16-6-4-5-7-16)17-8-10-19(11-9-17)32(3,27)28/h8-11,14-16,20H,4-7,12-13H2,1-3H3/t20-/m1/s1. The lowest BCUT2D eigenvalue weighted by Crippen LogP contribution is -2.20. The second kappa shape index (κ2) is 10.3. The molecule has 1 heterocycles. The van der Waals surface area contributed by atoms with Gasteiger partial charge in [0.25, 0.3) is 0 Å². The van der Waals surface area contributed by atoms with Gasteiger partial charge in [0.15, 0.2) is 15.3 Å². The maximum Gasteiger partial charge on any atom is 0.380 e. The maximum absolute atomic E-state index is 13.3. The molecule has 0 radical (unpaired) electrons. The third kappa shape index (κ3) is 5.90. The summed E-state index contributed by atoms with van der Waals surface area (Å²) < 4.78 is 45.8. The van der Waals surface area contributed by atoms with Crippen LogP contribution in [0.15, 0.2) is 41.6 Å². The van der Waals surface area contributed by atoms with E-state index in [4.69, 9.17) is 9.05 Å². The van der Waals surface area contributed by atoms with E-state index in [2.05, 4.69) is 9.97 Å². The molecule has 1 aromatic heterocycles. The minimum atomic E-state index is -3.50. The fraction of sp³-hybridized carbons (Fsp3) is 0.500. The SMILES string of the molecule is COP(=O)(OC)c1cnc(CC(=O)[C@H](CC2CCCC2)c2ccc(S(C)(=O)=O)cc2)cn1. The molecule has 0 amide bonds. The minimum absolute atomic E-state index is 0.00674. The van der Waals surface area contributed by atoms with Crippen LogP contribution in [0.1, 0.15) is 49.3 Å². The number of ketones is 1. The van der Waals surface area contributed by atoms with E-state index in [1.165, 1.54) is 39.5 Å². The van der Waals surface area contributed by atoms with Crippen LogP contribution in [0.2, 0.25) is 0 Å². The second-order valence-electron chi connectivity index (χ2n) is 8.15. The number of rotatable bonds is 10. The number of hydrogen-bond acceptors (Lipinski definition) is 8. The minimum Gasteiger partial charge on any atom is -0.307 e. The summed E-state index contributed by atoms with van der Waals surface area (Å²) in [7, 11) is -4.26. The van der Waals surface area contributed by atoms with E-state index in [0.29, 0.717) is 11.6 Å². The van der Waals surface area contributed by atoms with Gasteiger partial charge in [0.1, 0.15) is 5.78 Å². The summed E-state index contributed by atoms with van der Waals surface area (Å²) in [5.41, 5.74) is 1.35. The highest BCUT2D eigenvalue weighted by atomic mass is 32.2. The first kappa shape index (κ1) is 24.7. The van der Waals surface area contributed by atoms with Crippen LogP contribution in [0.4, 0.5) is 0 Å². The van der Waals surface area contributed by atoms with Gasteiger partial charge < -0.3 is 9.05 Å². The van der Waals surface area contributed by atoms with Crippen LogP contribution in [0.3, 0.4) is 0 Å². The quantitative estimate of drug-likeness (QED) is 0.475. The van der Waals surface area contributed by atoms with Gasteiger partial charge in [0.05, 0.1) is 23.2 Å². The Labute approximate surface area is 189 Å². The summed E-state index contributed by atoms with van der Waals surface area (Å²) in [5, 5.41) is 0. The van der Waals surface area contributed by atoms with Crippen LogP contribution in [0, 0.1) is 5.92 Å². The van der Waals surface area contributed by atoms with Crippen LogP contribution < -0.4 is 5.44 Å². The summed E-state index contributed by atoms with van der Waals surface area (Å²) in [6, 6.07) is 6.58. The lowest BCUT2D eigenvalue weighted by Gasteiger charge is -2.20. The molecule has 1 saturated carbocycles. The molecule has 1 aliphatic carbocycles. The number of benzene rings is 1. The summed E-state index contributed by atoms with van der Waals surface area (Å²) in [6.07, 6.45) is 9.23. The third-order valence-electron chi connectivity index (χ3n) is 5.95. The number of nitrogens with zero attached hydrogens (tertiary/aromatic N) is 2. The molecule has 3 rings (SSSR count). The molecule has 0 spiro atoms. The summed E-state index contributed by atoms with van der Waals surface area (Å²) in [4.78, 5) is 21.9. The van der Waals surface area contributed by atoms with Crippen LogP contribution in [-0.4, -0.2) is 44.6 Å². The Morgan fingerprint density at radius 2 is 1.72 bits per heavy atom. The van der Waals surface area contributed by atoms with E-state index < -0.39 is 17.4 Å². The van der Waals surface area contributed by atoms with E-state index in [1.54, 1.807) is 24.3 Å². The Morgan fingerprint density at radius 3 is 2.22 bits per heavy atom. The van der Waals surface area contributed by atoms with Crippen molar-refractivity contribution in [2.24, 2.45) is 5.92 Å². The molecule has 0 bridgehead atoms. The van der Waals surface area contributed by atoms with Crippen LogP contribution in [-0.2, 0) is 34.7 Å². The highest BCUT2D eigenvalue weighted by Gasteiger charge is 2.29. The van der Waals surface area contributed by atoms with Crippen molar-refractivity contribution in [1.82, 2.24) is 9.97 Å². The van der Waals surface area contributed by atoms with Crippen LogP contribution in [0.5, 0.6) is 0 Å². The van der Waals surface area contributed by atoms with Gasteiger partial charge in [-0.15, -0.1) is 0 Å². The summed E-state index contributed by atoms with van der Waals surface area (Å²) >= 11 is 0. The highest BCUT2D eigenvalue weighted by molar-refractivity contribution is 7.90. The molecule has 10 heteroatoms. The molecule has 1 aliphatic rings. The van der Waals surface area contributed by atoms with Crippen molar-refractivity contribution in [3.05, 3.63) is 47.9 Å². The molecule has 0 N–H and O–H groups in total. The van der Waals surface area contributed by atoms with Crippen molar-refractivity contribution >= 4 is 28.7 Å². The van der Waals surface area contributed by atoms with Gasteiger partial charge in [-0.25, -0.2) is 13.4 Å². The first-order valence-corrected chi connectivity index (χ1v) is 14.0. The van der Waals surface area contributed by atoms with Gasteiger partial charge in [0.2, 0.25) is 0 Å². The van der Waals surface area contributed by atoms with Crippen LogP contribution in [0.25, 0.3) is 0 Å². The molecule has 2 aromatic rings. The lowest BCUT2D eigenvalue weighted by atomic mass is 9.83. The second-order valence-corrected chi connectivity index (χ2v) is 12.4. The Balaban J connectivity index is 1.81. The fourth-order valence-corrected chi connectivity index (χ4v) is 5.68. The lowest BCUT2D eigenvalue weighted by molar-refractivity contribution is -0.120. The maximum atomic E-state index is 13.3. The molecule has 0 aliphatic heterocycles. The van der Waals surface area contributed by atoms with E-state index in [0.717, 1.165) is 31.1 Å². The van der Waals surface area contributed by atoms with Gasteiger partial charge in [-0.05, 0) is 30.0 Å². The first-order chi connectivity index (χ1) is 15.2. The highest BCUT2D eigenvalue weighted by Crippen LogP contribution is 2.44. The third-order valence-corrected chi connectivity index (χ3v) is 8.83. The Hall–Kier alpha value is -1.93. The Morgan fingerprint density at radius 1 is 1.09 bits per heavy atom. The fourth-order valence-electron chi connectivity index (χ4n) is 4.12. The molecule has 1 aromatic carbocycles. The van der Waals surface area contributed by atoms with Gasteiger partial charge in [-0.2, -0.15) is 0 Å². The van der Waals surface area contributed by atoms with E-state index in [9.17, 15) is 17.8 Å². The van der Waals surface area contributed by atoms with Gasteiger partial charge in [-0.3, -0.25) is 14.3 Å². The van der Waals surface area contributed by atoms with Crippen molar-refractivity contribution < 1.29 is 26.8 Å². The molecular weight excluding hydrogens is 451 g/mol. The van der Waals surface area contributed by atoms with Crippen molar-refractivity contribution in [3.63, 3.8) is 0 Å². The number of sulfone groups is 1. The van der Waals surface area contributed by atoms with Crippen LogP contribution >= 0.6 is 7.60 Å². The van der Waals surface area contributed by atoms with Crippen molar-refractivity contribution in [2.45, 2.75) is 49.3 Å². The summed E-state index contributed by atoms with van der Waals surface area (Å²) in [6.45, 7) is 0. The topological polar surface area (TPSA) is 113 Å². The number of carbonyl (C=O) groups is 1. The number of carbonyl (C=O) groups excluding carboxylic acids is 1. The molecule has 8 nitrogen and oxygen atoms in total. The molecule has 1 fully saturated rings. The zero-order chi connectivity index (χ0) is 23.4. The Kier molecular flexibility index (Phi) is 7.98. The van der Waals surface area contributed by atoms with E-state index >= 15 is 0 Å². The molecule has 174 valence electrons. The summed E-state index contributed by atoms with van der Waals surface area (Å²) in [5.74, 6) is 0.117. The molecule has 0 saturated heterocycles. The van der Waals surface area contributed by atoms with E-state index in [-0.39, 0.29) is 28.5 Å². The van der Waals surface area contributed by atoms with Gasteiger partial charge >= 0.3 is 7.60 Å². The van der Waals surface area contributed by atoms with Crippen molar-refractivity contribution in [3.8, 4) is 0 Å². The largest absolute Gasteiger partial charge is 0.380 e. The van der Waals surface area contributed by atoms with E-state index in [1.807, 2.05) is 0 Å². The smallest absolute Gasteiger partial charge is 0.307 e. The number of Topliss-reactive ketones (excluding diaryl/α,β-unsaturated/α-hetero) is 1.